The van der Waals surface area contributed by atoms with Gasteiger partial charge >= 0.3 is 0 Å². The molecule has 0 saturated carbocycles. The van der Waals surface area contributed by atoms with Gasteiger partial charge in [0.2, 0.25) is 0 Å². The Kier molecular flexibility index (Phi) is 5.90. The van der Waals surface area contributed by atoms with Crippen molar-refractivity contribution in [2.45, 2.75) is 57.7 Å². The summed E-state index contributed by atoms with van der Waals surface area (Å²) in [6.45, 7) is 7.92. The Labute approximate surface area is 91.1 Å². The Hall–Kier alpha value is 0.187. The van der Waals surface area contributed by atoms with Gasteiger partial charge in [-0.15, -0.1) is 15.3 Å². The minimum absolute atomic E-state index is 0.708. The molecular weight excluding hydrogens is 242 g/mol. The van der Waals surface area contributed by atoms with Gasteiger partial charge in [-0.1, -0.05) is 27.7 Å². The van der Waals surface area contributed by atoms with Crippen molar-refractivity contribution in [1.82, 2.24) is 0 Å². The number of halogens is 1. The van der Waals surface area contributed by atoms with Crippen LogP contribution >= 0.6 is 15.3 Å². The molecule has 0 heterocycles. The zero-order chi connectivity index (χ0) is 10.5. The first-order valence-electron chi connectivity index (χ1n) is 5.01. The van der Waals surface area contributed by atoms with Crippen molar-refractivity contribution in [2.24, 2.45) is 0 Å². The Balaban J connectivity index is 4.19. The fourth-order valence-electron chi connectivity index (χ4n) is 1.68. The van der Waals surface area contributed by atoms with E-state index in [9.17, 15) is 0 Å². The second-order valence-corrected chi connectivity index (χ2v) is 13.3. The van der Waals surface area contributed by atoms with Crippen molar-refractivity contribution in [3.8, 4) is 6.07 Å². The second kappa shape index (κ2) is 5.82. The third kappa shape index (κ3) is 3.82. The minimum Gasteiger partial charge on any atom is -0.198 e. The van der Waals surface area contributed by atoms with Crippen LogP contribution in [0.2, 0.25) is 17.1 Å². The van der Waals surface area contributed by atoms with Gasteiger partial charge in [-0.05, 0) is 23.5 Å². The van der Waals surface area contributed by atoms with Gasteiger partial charge in [0.05, 0.1) is 6.07 Å². The second-order valence-electron chi connectivity index (χ2n) is 4.25. The van der Waals surface area contributed by atoms with Gasteiger partial charge in [0.15, 0.2) is 0 Å². The van der Waals surface area contributed by atoms with E-state index in [1.807, 2.05) is 0 Å². The molecule has 0 amide bonds. The van der Waals surface area contributed by atoms with Crippen LogP contribution in [-0.2, 0) is 0 Å². The van der Waals surface area contributed by atoms with Crippen molar-refractivity contribution in [2.75, 3.05) is 0 Å². The van der Waals surface area contributed by atoms with Gasteiger partial charge in [-0.25, -0.2) is 0 Å². The standard InChI is InChI=1S/C10H20BrNSi/c1-9(2)13(11,10(3)4)8-6-5-7-12/h9-10H,5-6,8H2,1-4H3. The van der Waals surface area contributed by atoms with Crippen molar-refractivity contribution in [3.63, 3.8) is 0 Å². The number of hydrogen-bond donors (Lipinski definition) is 0. The molecule has 0 aromatic carbocycles. The number of nitriles is 1. The molecule has 0 N–H and O–H groups in total. The highest BCUT2D eigenvalue weighted by Gasteiger charge is 2.36. The summed E-state index contributed by atoms with van der Waals surface area (Å²) >= 11 is 3.97. The van der Waals surface area contributed by atoms with E-state index < -0.39 is 6.69 Å². The molecular formula is C10H20BrNSi. The summed E-state index contributed by atoms with van der Waals surface area (Å²) in [7, 11) is 0. The molecule has 0 aromatic rings. The molecule has 0 aliphatic carbocycles. The SMILES string of the molecule is CC(C)[Si](Br)(CCCC#N)C(C)C. The van der Waals surface area contributed by atoms with E-state index in [2.05, 4.69) is 49.1 Å². The summed E-state index contributed by atoms with van der Waals surface area (Å²) in [6.07, 6.45) is 1.77. The topological polar surface area (TPSA) is 23.8 Å². The summed E-state index contributed by atoms with van der Waals surface area (Å²) in [5.41, 5.74) is 1.51. The molecule has 0 bridgehead atoms. The van der Waals surface area contributed by atoms with Crippen molar-refractivity contribution < 1.29 is 0 Å². The van der Waals surface area contributed by atoms with Crippen molar-refractivity contribution in [3.05, 3.63) is 0 Å². The van der Waals surface area contributed by atoms with Crippen LogP contribution in [0.1, 0.15) is 40.5 Å². The first-order chi connectivity index (χ1) is 5.95. The number of unbranched alkanes of at least 4 members (excludes halogenated alkanes) is 1. The molecule has 0 saturated heterocycles. The highest BCUT2D eigenvalue weighted by atomic mass is 79.9. The fraction of sp³-hybridized carbons (Fsp3) is 0.900. The zero-order valence-corrected chi connectivity index (χ0v) is 11.7. The molecule has 0 rings (SSSR count). The first kappa shape index (κ1) is 13.2. The van der Waals surface area contributed by atoms with Gasteiger partial charge in [0.25, 0.3) is 0 Å². The average molecular weight is 262 g/mol. The van der Waals surface area contributed by atoms with Crippen LogP contribution in [0.25, 0.3) is 0 Å². The molecule has 0 aliphatic rings. The van der Waals surface area contributed by atoms with Crippen LogP contribution in [0.4, 0.5) is 0 Å². The predicted molar refractivity (Wildman–Crippen MR) is 64.5 cm³/mol. The molecule has 0 atom stereocenters. The molecule has 0 unspecified atom stereocenters. The normalized spacial score (nSPS) is 12.2. The van der Waals surface area contributed by atoms with Crippen LogP contribution in [0.5, 0.6) is 0 Å². The molecule has 0 spiro atoms. The molecule has 13 heavy (non-hydrogen) atoms. The van der Waals surface area contributed by atoms with Crippen molar-refractivity contribution in [1.29, 1.82) is 5.26 Å². The maximum atomic E-state index is 8.49. The summed E-state index contributed by atoms with van der Waals surface area (Å²) in [6, 6.07) is 3.45. The fourth-order valence-corrected chi connectivity index (χ4v) is 5.73. The van der Waals surface area contributed by atoms with Crippen LogP contribution < -0.4 is 0 Å². The lowest BCUT2D eigenvalue weighted by molar-refractivity contribution is 0.861. The van der Waals surface area contributed by atoms with Gasteiger partial charge in [-0.3, -0.25) is 0 Å². The van der Waals surface area contributed by atoms with E-state index in [0.29, 0.717) is 6.42 Å². The van der Waals surface area contributed by atoms with Gasteiger partial charge in [0.1, 0.15) is 6.69 Å². The lowest BCUT2D eigenvalue weighted by Crippen LogP contribution is -2.33. The maximum Gasteiger partial charge on any atom is 0.135 e. The molecule has 0 aliphatic heterocycles. The Morgan fingerprint density at radius 3 is 2.00 bits per heavy atom. The van der Waals surface area contributed by atoms with E-state index in [-0.39, 0.29) is 0 Å². The minimum atomic E-state index is -1.28. The summed E-state index contributed by atoms with van der Waals surface area (Å²) in [4.78, 5) is 0. The van der Waals surface area contributed by atoms with Crippen LogP contribution in [0.3, 0.4) is 0 Å². The van der Waals surface area contributed by atoms with E-state index in [0.717, 1.165) is 17.5 Å². The predicted octanol–water partition coefficient (Wildman–Crippen LogP) is 4.45. The number of nitrogens with zero attached hydrogens (tertiary/aromatic N) is 1. The van der Waals surface area contributed by atoms with E-state index in [4.69, 9.17) is 5.26 Å². The first-order valence-corrected chi connectivity index (χ1v) is 9.63. The summed E-state index contributed by atoms with van der Waals surface area (Å²) in [5, 5.41) is 8.49. The third-order valence-corrected chi connectivity index (χ3v) is 14.4. The summed E-state index contributed by atoms with van der Waals surface area (Å²) in [5.74, 6) is 0. The van der Waals surface area contributed by atoms with E-state index in [1.54, 1.807) is 0 Å². The highest BCUT2D eigenvalue weighted by molar-refractivity contribution is 9.26. The van der Waals surface area contributed by atoms with Crippen LogP contribution in [0, 0.1) is 11.3 Å². The van der Waals surface area contributed by atoms with E-state index >= 15 is 0 Å². The largest absolute Gasteiger partial charge is 0.198 e. The molecule has 1 nitrogen and oxygen atoms in total. The quantitative estimate of drug-likeness (QED) is 0.408. The number of rotatable bonds is 5. The molecule has 0 radical (unpaired) electrons. The highest BCUT2D eigenvalue weighted by Crippen LogP contribution is 2.41. The Bertz CT molecular complexity index is 176. The lowest BCUT2D eigenvalue weighted by Gasteiger charge is -2.33. The van der Waals surface area contributed by atoms with Crippen molar-refractivity contribution >= 4 is 22.0 Å². The molecule has 76 valence electrons. The number of hydrogen-bond acceptors (Lipinski definition) is 1. The van der Waals surface area contributed by atoms with Crippen LogP contribution in [-0.4, -0.2) is 6.69 Å². The molecule has 0 fully saturated rings. The lowest BCUT2D eigenvalue weighted by atomic mass is 10.4. The van der Waals surface area contributed by atoms with Gasteiger partial charge in [0, 0.05) is 6.42 Å². The monoisotopic (exact) mass is 261 g/mol. The smallest absolute Gasteiger partial charge is 0.135 e. The van der Waals surface area contributed by atoms with Gasteiger partial charge < -0.3 is 0 Å². The van der Waals surface area contributed by atoms with E-state index in [1.165, 1.54) is 6.04 Å². The third-order valence-electron chi connectivity index (χ3n) is 2.77. The molecule has 3 heteroatoms. The Morgan fingerprint density at radius 1 is 1.23 bits per heavy atom. The van der Waals surface area contributed by atoms with Gasteiger partial charge in [-0.2, -0.15) is 5.26 Å². The molecule has 0 aromatic heterocycles. The summed E-state index contributed by atoms with van der Waals surface area (Å²) < 4.78 is 0. The zero-order valence-electron chi connectivity index (χ0n) is 9.10. The Morgan fingerprint density at radius 2 is 1.69 bits per heavy atom. The average Bonchev–Trinajstić information content (AvgIpc) is 2.03. The van der Waals surface area contributed by atoms with Crippen LogP contribution in [0.15, 0.2) is 0 Å². The maximum absolute atomic E-state index is 8.49.